The molecule has 1 fully saturated rings. The number of aromatic nitrogens is 2. The van der Waals surface area contributed by atoms with Gasteiger partial charge in [0.05, 0.1) is 0 Å². The summed E-state index contributed by atoms with van der Waals surface area (Å²) in [6.45, 7) is 7.17. The van der Waals surface area contributed by atoms with Gasteiger partial charge in [-0.2, -0.15) is 0 Å². The van der Waals surface area contributed by atoms with Gasteiger partial charge in [-0.3, -0.25) is 0 Å². The molecule has 0 amide bonds. The Labute approximate surface area is 233 Å². The van der Waals surface area contributed by atoms with Gasteiger partial charge in [0, 0.05) is 0 Å². The van der Waals surface area contributed by atoms with Crippen LogP contribution in [-0.4, -0.2) is 62.1 Å². The van der Waals surface area contributed by atoms with Crippen molar-refractivity contribution in [1.29, 1.82) is 0 Å². The first-order chi connectivity index (χ1) is 18.7. The van der Waals surface area contributed by atoms with Gasteiger partial charge in [-0.25, -0.2) is 0 Å². The zero-order valence-corrected chi connectivity index (χ0v) is 24.4. The number of carbonyl (C=O) groups excluding carboxylic acids is 1. The Morgan fingerprint density at radius 1 is 1.32 bits per heavy atom. The van der Waals surface area contributed by atoms with Crippen molar-refractivity contribution < 1.29 is 37.7 Å². The zero-order valence-electron chi connectivity index (χ0n) is 22.5. The van der Waals surface area contributed by atoms with E-state index >= 15 is 4.39 Å². The molecule has 2 aromatic heterocycles. The summed E-state index contributed by atoms with van der Waals surface area (Å²) in [6.07, 6.45) is -4.11. The first kappa shape index (κ1) is 30.3. The van der Waals surface area contributed by atoms with Gasteiger partial charge in [0.25, 0.3) is 0 Å². The fourth-order valence-corrected chi connectivity index (χ4v) is 7.05. The SMILES string of the molecule is Cc1csc2cccc(O[PH](O)(N[C@@H](C)C(=O)OC(C)C)OC[C@H]3O[C@@H](n4ccc(=O)[nH]c4=O)[C@](C)(F)[C@@H]3O)c12. The predicted octanol–water partition coefficient (Wildman–Crippen LogP) is 2.47. The summed E-state index contributed by atoms with van der Waals surface area (Å²) >= 11 is 1.49. The number of hydrogen-bond donors (Lipinski definition) is 4. The van der Waals surface area contributed by atoms with E-state index in [2.05, 4.69) is 5.09 Å². The van der Waals surface area contributed by atoms with E-state index in [-0.39, 0.29) is 0 Å². The molecule has 0 radical (unpaired) electrons. The number of esters is 1. The summed E-state index contributed by atoms with van der Waals surface area (Å²) in [5, 5.41) is 16.1. The second-order valence-electron chi connectivity index (χ2n) is 10.0. The third-order valence-corrected chi connectivity index (χ3v) is 9.28. The first-order valence-corrected chi connectivity index (χ1v) is 15.2. The van der Waals surface area contributed by atoms with Crippen molar-refractivity contribution in [2.24, 2.45) is 0 Å². The van der Waals surface area contributed by atoms with Gasteiger partial charge >= 0.3 is 233 Å². The molecule has 15 heteroatoms. The molecule has 1 aromatic carbocycles. The van der Waals surface area contributed by atoms with E-state index in [0.717, 1.165) is 39.4 Å². The number of fused-ring (bicyclic) bond motifs is 1. The van der Waals surface area contributed by atoms with Crippen LogP contribution in [0.15, 0.2) is 45.4 Å². The molecule has 4 rings (SSSR count). The second-order valence-corrected chi connectivity index (χ2v) is 12.9. The van der Waals surface area contributed by atoms with E-state index in [4.69, 9.17) is 18.5 Å². The van der Waals surface area contributed by atoms with Crippen LogP contribution in [0.2, 0.25) is 0 Å². The molecule has 40 heavy (non-hydrogen) atoms. The van der Waals surface area contributed by atoms with Crippen molar-refractivity contribution >= 4 is 35.5 Å². The molecule has 1 aliphatic rings. The van der Waals surface area contributed by atoms with Crippen LogP contribution in [0.5, 0.6) is 5.75 Å². The molecule has 3 aromatic rings. The van der Waals surface area contributed by atoms with Crippen molar-refractivity contribution in [3.8, 4) is 5.75 Å². The number of benzene rings is 1. The Bertz CT molecular complexity index is 1490. The third kappa shape index (κ3) is 6.28. The third-order valence-electron chi connectivity index (χ3n) is 6.36. The molecular formula is C25H33FN3O9PS. The number of aliphatic hydroxyl groups is 1. The molecular weight excluding hydrogens is 568 g/mol. The molecule has 4 N–H and O–H groups in total. The van der Waals surface area contributed by atoms with Gasteiger partial charge in [0.2, 0.25) is 0 Å². The number of thiophene rings is 1. The number of carbonyl (C=O) groups is 1. The van der Waals surface area contributed by atoms with Crippen LogP contribution in [0.3, 0.4) is 0 Å². The molecule has 0 aliphatic carbocycles. The van der Waals surface area contributed by atoms with Crippen LogP contribution in [0.4, 0.5) is 4.39 Å². The van der Waals surface area contributed by atoms with Crippen molar-refractivity contribution in [3.63, 3.8) is 0 Å². The number of nitrogens with one attached hydrogen (secondary N) is 2. The number of aromatic amines is 1. The molecule has 0 unspecified atom stereocenters. The monoisotopic (exact) mass is 601 g/mol. The van der Waals surface area contributed by atoms with E-state index in [9.17, 15) is 24.4 Å². The number of rotatable bonds is 10. The van der Waals surface area contributed by atoms with Crippen molar-refractivity contribution in [3.05, 3.63) is 62.2 Å². The number of H-pyrrole nitrogens is 1. The minimum absolute atomic E-state index is 0.295. The summed E-state index contributed by atoms with van der Waals surface area (Å²) in [5.41, 5.74) is -3.18. The Kier molecular flexibility index (Phi) is 8.81. The minimum atomic E-state index is -4.52. The Hall–Kier alpha value is -2.71. The molecule has 12 nitrogen and oxygen atoms in total. The van der Waals surface area contributed by atoms with Crippen molar-refractivity contribution in [2.75, 3.05) is 6.61 Å². The number of nitrogens with zero attached hydrogens (tertiary/aromatic N) is 1. The van der Waals surface area contributed by atoms with Crippen LogP contribution >= 0.6 is 19.4 Å². The maximum atomic E-state index is 15.6. The van der Waals surface area contributed by atoms with E-state index < -0.39 is 68.2 Å². The van der Waals surface area contributed by atoms with Crippen LogP contribution in [-0.2, 0) is 18.8 Å². The number of aliphatic hydroxyl groups excluding tert-OH is 1. The maximum absolute atomic E-state index is 15.6. The van der Waals surface area contributed by atoms with E-state index in [0.29, 0.717) is 5.75 Å². The molecule has 220 valence electrons. The molecule has 1 saturated heterocycles. The van der Waals surface area contributed by atoms with Crippen LogP contribution in [0.1, 0.15) is 39.5 Å². The van der Waals surface area contributed by atoms with Gasteiger partial charge in [0.1, 0.15) is 0 Å². The van der Waals surface area contributed by atoms with E-state index in [1.807, 2.05) is 23.4 Å². The predicted molar refractivity (Wildman–Crippen MR) is 148 cm³/mol. The first-order valence-electron chi connectivity index (χ1n) is 12.6. The Balaban J connectivity index is 1.60. The van der Waals surface area contributed by atoms with Crippen molar-refractivity contribution in [2.45, 2.75) is 70.9 Å². The van der Waals surface area contributed by atoms with Crippen LogP contribution in [0.25, 0.3) is 10.1 Å². The molecule has 0 bridgehead atoms. The van der Waals surface area contributed by atoms with Crippen molar-refractivity contribution in [1.82, 2.24) is 14.6 Å². The van der Waals surface area contributed by atoms with Crippen LogP contribution in [0, 0.1) is 6.92 Å². The van der Waals surface area contributed by atoms with Gasteiger partial charge in [-0.15, -0.1) is 0 Å². The molecule has 1 aliphatic heterocycles. The summed E-state index contributed by atoms with van der Waals surface area (Å²) in [5.74, 6) is -0.368. The average Bonchev–Trinajstić information content (AvgIpc) is 3.35. The summed E-state index contributed by atoms with van der Waals surface area (Å²) in [6, 6.07) is 5.23. The average molecular weight is 602 g/mol. The number of aryl methyl sites for hydroxylation is 1. The van der Waals surface area contributed by atoms with E-state index in [1.54, 1.807) is 26.0 Å². The number of ether oxygens (including phenoxy) is 2. The molecule has 0 spiro atoms. The summed E-state index contributed by atoms with van der Waals surface area (Å²) < 4.78 is 40.0. The van der Waals surface area contributed by atoms with E-state index in [1.165, 1.54) is 18.3 Å². The summed E-state index contributed by atoms with van der Waals surface area (Å²) in [7, 11) is -4.52. The topological polar surface area (TPSA) is 161 Å². The number of hydrogen-bond acceptors (Lipinski definition) is 11. The van der Waals surface area contributed by atoms with Crippen LogP contribution < -0.4 is 20.9 Å². The van der Waals surface area contributed by atoms with Gasteiger partial charge < -0.3 is 0 Å². The quantitative estimate of drug-likeness (QED) is 0.201. The second kappa shape index (κ2) is 11.6. The number of alkyl halides is 1. The fraction of sp³-hybridized carbons (Fsp3) is 0.480. The normalized spacial score (nSPS) is 24.4. The summed E-state index contributed by atoms with van der Waals surface area (Å²) in [4.78, 5) is 49.8. The Morgan fingerprint density at radius 2 is 2.05 bits per heavy atom. The van der Waals surface area contributed by atoms with Gasteiger partial charge in [-0.1, -0.05) is 0 Å². The Morgan fingerprint density at radius 3 is 2.73 bits per heavy atom. The fourth-order valence-electron chi connectivity index (χ4n) is 4.37. The van der Waals surface area contributed by atoms with Gasteiger partial charge in [-0.05, 0) is 0 Å². The molecule has 3 heterocycles. The standard InChI is InChI=1S/C25H33FN3O9PS/c1-13(2)36-22(32)15(4)28-39(34,38-16-7-6-8-18-20(16)14(3)12-40-18)35-11-17-21(31)25(5,26)23(37-17)29-10-9-19(30)27-24(29)33/h6-10,12-13,15,17,21,23,28,31,34,39H,11H2,1-5H3,(H,27,30,33)/t15-,17+,21+,23+,25+/m0/s1. The van der Waals surface area contributed by atoms with Gasteiger partial charge in [0.15, 0.2) is 0 Å². The zero-order chi connectivity index (χ0) is 29.4. The molecule has 5 atom stereocenters. The molecule has 0 saturated carbocycles. The number of halogens is 1.